The molecule has 1 N–H and O–H groups in total. The molecule has 0 spiro atoms. The summed E-state index contributed by atoms with van der Waals surface area (Å²) in [4.78, 5) is 25.7. The van der Waals surface area contributed by atoms with Crippen molar-refractivity contribution in [3.63, 3.8) is 0 Å². The van der Waals surface area contributed by atoms with Gasteiger partial charge in [0, 0.05) is 18.7 Å². The lowest BCUT2D eigenvalue weighted by atomic mass is 10.1. The molecule has 142 valence electrons. The van der Waals surface area contributed by atoms with Gasteiger partial charge in [-0.1, -0.05) is 25.4 Å². The predicted molar refractivity (Wildman–Crippen MR) is 106 cm³/mol. The lowest BCUT2D eigenvalue weighted by Gasteiger charge is -2.26. The fourth-order valence-corrected chi connectivity index (χ4v) is 4.22. The van der Waals surface area contributed by atoms with Gasteiger partial charge in [0.1, 0.15) is 11.0 Å². The molecule has 1 saturated heterocycles. The average Bonchev–Trinajstić information content (AvgIpc) is 3.19. The Morgan fingerprint density at radius 2 is 2.19 bits per heavy atom. The SMILES string of the molecule is Cc1nn(CC(C)C)c(Cl)c1C1CCCN1c1ccc2nc[nH]c(=O)c2n1. The number of hydrogen-bond acceptors (Lipinski definition) is 5. The van der Waals surface area contributed by atoms with E-state index in [9.17, 15) is 4.79 Å². The molecule has 1 aliphatic rings. The van der Waals surface area contributed by atoms with Crippen LogP contribution in [0.5, 0.6) is 0 Å². The molecule has 1 unspecified atom stereocenters. The van der Waals surface area contributed by atoms with Gasteiger partial charge in [-0.05, 0) is 37.8 Å². The van der Waals surface area contributed by atoms with Crippen molar-refractivity contribution in [2.45, 2.75) is 46.2 Å². The monoisotopic (exact) mass is 386 g/mol. The molecule has 27 heavy (non-hydrogen) atoms. The first-order chi connectivity index (χ1) is 13.0. The number of aromatic nitrogens is 5. The second-order valence-electron chi connectivity index (χ2n) is 7.49. The molecule has 0 bridgehead atoms. The first-order valence-electron chi connectivity index (χ1n) is 9.29. The summed E-state index contributed by atoms with van der Waals surface area (Å²) in [6.07, 6.45) is 3.42. The van der Waals surface area contributed by atoms with Gasteiger partial charge < -0.3 is 9.88 Å². The van der Waals surface area contributed by atoms with Crippen molar-refractivity contribution in [1.82, 2.24) is 24.7 Å². The van der Waals surface area contributed by atoms with E-state index in [1.807, 2.05) is 23.7 Å². The first kappa shape index (κ1) is 18.0. The van der Waals surface area contributed by atoms with Gasteiger partial charge in [0.2, 0.25) is 0 Å². The van der Waals surface area contributed by atoms with Crippen LogP contribution in [0.4, 0.5) is 5.82 Å². The van der Waals surface area contributed by atoms with Gasteiger partial charge in [-0.3, -0.25) is 9.48 Å². The van der Waals surface area contributed by atoms with Crippen LogP contribution in [0.25, 0.3) is 11.0 Å². The highest BCUT2D eigenvalue weighted by Crippen LogP contribution is 2.40. The van der Waals surface area contributed by atoms with Crippen LogP contribution in [0.15, 0.2) is 23.3 Å². The zero-order valence-corrected chi connectivity index (χ0v) is 16.5. The molecule has 3 aromatic rings. The van der Waals surface area contributed by atoms with E-state index in [-0.39, 0.29) is 11.6 Å². The van der Waals surface area contributed by atoms with Crippen molar-refractivity contribution in [1.29, 1.82) is 0 Å². The molecule has 1 fully saturated rings. The van der Waals surface area contributed by atoms with Gasteiger partial charge >= 0.3 is 0 Å². The van der Waals surface area contributed by atoms with Crippen LogP contribution in [0.1, 0.15) is 44.0 Å². The number of nitrogens with one attached hydrogen (secondary N) is 1. The average molecular weight is 387 g/mol. The van der Waals surface area contributed by atoms with Gasteiger partial charge in [0.25, 0.3) is 5.56 Å². The zero-order valence-electron chi connectivity index (χ0n) is 15.7. The quantitative estimate of drug-likeness (QED) is 0.742. The lowest BCUT2D eigenvalue weighted by Crippen LogP contribution is -2.24. The largest absolute Gasteiger partial charge is 0.349 e. The number of pyridine rings is 1. The number of rotatable bonds is 4. The maximum atomic E-state index is 12.1. The Morgan fingerprint density at radius 3 is 2.96 bits per heavy atom. The molecule has 3 aromatic heterocycles. The standard InChI is InChI=1S/C19H23ClN6O/c1-11(2)9-26-18(20)16(12(3)24-26)14-5-4-8-25(14)15-7-6-13-17(23-15)19(27)22-10-21-13/h6-7,10-11,14H,4-5,8-9H2,1-3H3,(H,21,22,27). The number of halogens is 1. The summed E-state index contributed by atoms with van der Waals surface area (Å²) < 4.78 is 1.90. The Bertz CT molecular complexity index is 1040. The van der Waals surface area contributed by atoms with E-state index in [1.165, 1.54) is 6.33 Å². The minimum absolute atomic E-state index is 0.110. The van der Waals surface area contributed by atoms with Crippen molar-refractivity contribution in [2.24, 2.45) is 5.92 Å². The minimum Gasteiger partial charge on any atom is -0.349 e. The third-order valence-corrected chi connectivity index (χ3v) is 5.40. The Hall–Kier alpha value is -2.41. The van der Waals surface area contributed by atoms with Crippen molar-refractivity contribution in [2.75, 3.05) is 11.4 Å². The molecule has 0 amide bonds. The summed E-state index contributed by atoms with van der Waals surface area (Å²) in [7, 11) is 0. The van der Waals surface area contributed by atoms with E-state index in [0.717, 1.165) is 43.0 Å². The van der Waals surface area contributed by atoms with E-state index < -0.39 is 0 Å². The van der Waals surface area contributed by atoms with Gasteiger partial charge in [0.15, 0.2) is 5.52 Å². The number of nitrogens with zero attached hydrogens (tertiary/aromatic N) is 5. The van der Waals surface area contributed by atoms with E-state index in [4.69, 9.17) is 11.6 Å². The Labute approximate surface area is 162 Å². The molecule has 0 saturated carbocycles. The van der Waals surface area contributed by atoms with Gasteiger partial charge in [0.05, 0.1) is 23.6 Å². The Morgan fingerprint density at radius 1 is 1.37 bits per heavy atom. The zero-order chi connectivity index (χ0) is 19.1. The van der Waals surface area contributed by atoms with Crippen LogP contribution in [0.2, 0.25) is 5.15 Å². The number of H-pyrrole nitrogens is 1. The van der Waals surface area contributed by atoms with Crippen LogP contribution in [-0.2, 0) is 6.54 Å². The topological polar surface area (TPSA) is 79.7 Å². The van der Waals surface area contributed by atoms with Crippen LogP contribution in [0.3, 0.4) is 0 Å². The molecular formula is C19H23ClN6O. The summed E-state index contributed by atoms with van der Waals surface area (Å²) in [6.45, 7) is 7.98. The van der Waals surface area contributed by atoms with E-state index in [2.05, 4.69) is 38.8 Å². The van der Waals surface area contributed by atoms with E-state index in [0.29, 0.717) is 22.1 Å². The molecule has 8 heteroatoms. The van der Waals surface area contributed by atoms with E-state index >= 15 is 0 Å². The highest BCUT2D eigenvalue weighted by atomic mass is 35.5. The first-order valence-corrected chi connectivity index (χ1v) is 9.67. The summed E-state index contributed by atoms with van der Waals surface area (Å²) in [5.74, 6) is 1.24. The lowest BCUT2D eigenvalue weighted by molar-refractivity contribution is 0.481. The van der Waals surface area contributed by atoms with Gasteiger partial charge in [-0.25, -0.2) is 9.97 Å². The third-order valence-electron chi connectivity index (χ3n) is 5.00. The van der Waals surface area contributed by atoms with Crippen molar-refractivity contribution in [3.05, 3.63) is 45.2 Å². The number of hydrogen-bond donors (Lipinski definition) is 1. The molecule has 4 heterocycles. The Balaban J connectivity index is 1.74. The van der Waals surface area contributed by atoms with Gasteiger partial charge in [-0.2, -0.15) is 5.10 Å². The fraction of sp³-hybridized carbons (Fsp3) is 0.474. The van der Waals surface area contributed by atoms with Crippen LogP contribution in [-0.4, -0.2) is 31.3 Å². The fourth-order valence-electron chi connectivity index (χ4n) is 3.86. The predicted octanol–water partition coefficient (Wildman–Crippen LogP) is 3.47. The maximum absolute atomic E-state index is 12.1. The minimum atomic E-state index is -0.225. The third kappa shape index (κ3) is 3.20. The van der Waals surface area contributed by atoms with Crippen molar-refractivity contribution >= 4 is 28.5 Å². The molecule has 7 nitrogen and oxygen atoms in total. The van der Waals surface area contributed by atoms with Crippen LogP contribution >= 0.6 is 11.6 Å². The van der Waals surface area contributed by atoms with Crippen molar-refractivity contribution in [3.8, 4) is 0 Å². The molecule has 0 radical (unpaired) electrons. The molecule has 4 rings (SSSR count). The smallest absolute Gasteiger partial charge is 0.277 e. The maximum Gasteiger partial charge on any atom is 0.277 e. The number of anilines is 1. The van der Waals surface area contributed by atoms with Crippen molar-refractivity contribution < 1.29 is 0 Å². The summed E-state index contributed by atoms with van der Waals surface area (Å²) >= 11 is 6.72. The highest BCUT2D eigenvalue weighted by Gasteiger charge is 2.32. The van der Waals surface area contributed by atoms with Gasteiger partial charge in [-0.15, -0.1) is 0 Å². The molecule has 0 aromatic carbocycles. The second-order valence-corrected chi connectivity index (χ2v) is 7.84. The number of aromatic amines is 1. The summed E-state index contributed by atoms with van der Waals surface area (Å²) in [5.41, 5.74) is 2.75. The molecule has 1 aliphatic heterocycles. The second kappa shape index (κ2) is 6.96. The Kier molecular flexibility index (Phi) is 4.63. The summed E-state index contributed by atoms with van der Waals surface area (Å²) in [5, 5.41) is 5.37. The highest BCUT2D eigenvalue weighted by molar-refractivity contribution is 6.30. The normalized spacial score (nSPS) is 17.4. The molecule has 0 aliphatic carbocycles. The number of fused-ring (bicyclic) bond motifs is 1. The van der Waals surface area contributed by atoms with Crippen LogP contribution < -0.4 is 10.5 Å². The molecule has 1 atom stereocenters. The summed E-state index contributed by atoms with van der Waals surface area (Å²) in [6, 6.07) is 3.88. The number of aryl methyl sites for hydroxylation is 1. The molecular weight excluding hydrogens is 364 g/mol. The van der Waals surface area contributed by atoms with E-state index in [1.54, 1.807) is 0 Å². The van der Waals surface area contributed by atoms with Crippen LogP contribution in [0, 0.1) is 12.8 Å².